The lowest BCUT2D eigenvalue weighted by Gasteiger charge is -2.31. The highest BCUT2D eigenvalue weighted by Gasteiger charge is 2.24. The standard InChI is InChI=1S/C13H20N4O4/c1-9-15-11(21-16-9)2-5-14-13(20)17-6-3-10(4-7-17)8-12(18)19/h10H,2-8H2,1H3,(H,14,20)(H,18,19). The Bertz CT molecular complexity index is 494. The van der Waals surface area contributed by atoms with Crippen LogP contribution in [0.3, 0.4) is 0 Å². The normalized spacial score (nSPS) is 16.0. The van der Waals surface area contributed by atoms with Crippen LogP contribution in [-0.2, 0) is 11.2 Å². The predicted octanol–water partition coefficient (Wildman–Crippen LogP) is 0.817. The lowest BCUT2D eigenvalue weighted by molar-refractivity contribution is -0.138. The summed E-state index contributed by atoms with van der Waals surface area (Å²) in [6.07, 6.45) is 2.17. The van der Waals surface area contributed by atoms with E-state index in [0.717, 1.165) is 12.8 Å². The number of piperidine rings is 1. The molecule has 1 aliphatic heterocycles. The van der Waals surface area contributed by atoms with E-state index in [1.807, 2.05) is 0 Å². The zero-order chi connectivity index (χ0) is 15.2. The van der Waals surface area contributed by atoms with Crippen LogP contribution in [0, 0.1) is 12.8 Å². The molecule has 1 aliphatic rings. The van der Waals surface area contributed by atoms with Crippen LogP contribution in [-0.4, -0.2) is 51.8 Å². The molecular weight excluding hydrogens is 276 g/mol. The van der Waals surface area contributed by atoms with E-state index in [1.54, 1.807) is 11.8 Å². The van der Waals surface area contributed by atoms with Gasteiger partial charge in [-0.25, -0.2) is 4.79 Å². The summed E-state index contributed by atoms with van der Waals surface area (Å²) in [5.41, 5.74) is 0. The van der Waals surface area contributed by atoms with E-state index >= 15 is 0 Å². The maximum Gasteiger partial charge on any atom is 0.317 e. The molecular formula is C13H20N4O4. The Kier molecular flexibility index (Phi) is 5.13. The van der Waals surface area contributed by atoms with Crippen molar-refractivity contribution >= 4 is 12.0 Å². The third-order valence-electron chi connectivity index (χ3n) is 3.55. The quantitative estimate of drug-likeness (QED) is 0.832. The van der Waals surface area contributed by atoms with Gasteiger partial charge in [-0.05, 0) is 25.7 Å². The van der Waals surface area contributed by atoms with Crippen LogP contribution in [0.1, 0.15) is 31.0 Å². The van der Waals surface area contributed by atoms with Crippen molar-refractivity contribution in [2.75, 3.05) is 19.6 Å². The molecule has 0 aromatic carbocycles. The van der Waals surface area contributed by atoms with Gasteiger partial charge in [0.05, 0.1) is 0 Å². The van der Waals surface area contributed by atoms with Gasteiger partial charge in [-0.3, -0.25) is 4.79 Å². The van der Waals surface area contributed by atoms with E-state index in [9.17, 15) is 9.59 Å². The maximum atomic E-state index is 12.0. The van der Waals surface area contributed by atoms with Crippen LogP contribution in [0.4, 0.5) is 4.79 Å². The van der Waals surface area contributed by atoms with Crippen LogP contribution in [0.5, 0.6) is 0 Å². The average molecular weight is 296 g/mol. The second-order valence-corrected chi connectivity index (χ2v) is 5.25. The molecule has 1 aromatic rings. The molecule has 0 spiro atoms. The number of carbonyl (C=O) groups excluding carboxylic acids is 1. The molecule has 21 heavy (non-hydrogen) atoms. The van der Waals surface area contributed by atoms with E-state index in [0.29, 0.717) is 37.8 Å². The van der Waals surface area contributed by atoms with Crippen LogP contribution in [0.25, 0.3) is 0 Å². The number of amides is 2. The Morgan fingerprint density at radius 2 is 2.14 bits per heavy atom. The summed E-state index contributed by atoms with van der Waals surface area (Å²) in [5, 5.41) is 15.2. The second-order valence-electron chi connectivity index (χ2n) is 5.25. The highest BCUT2D eigenvalue weighted by atomic mass is 16.5. The van der Waals surface area contributed by atoms with Crippen LogP contribution in [0.15, 0.2) is 4.52 Å². The van der Waals surface area contributed by atoms with Gasteiger partial charge in [-0.15, -0.1) is 0 Å². The van der Waals surface area contributed by atoms with Gasteiger partial charge >= 0.3 is 12.0 Å². The molecule has 2 N–H and O–H groups in total. The number of likely N-dealkylation sites (tertiary alicyclic amines) is 1. The van der Waals surface area contributed by atoms with Gasteiger partial charge in [0, 0.05) is 32.5 Å². The van der Waals surface area contributed by atoms with Gasteiger partial charge in [0.25, 0.3) is 0 Å². The fourth-order valence-corrected chi connectivity index (χ4v) is 2.42. The Hall–Kier alpha value is -2.12. The Morgan fingerprint density at radius 3 is 2.71 bits per heavy atom. The van der Waals surface area contributed by atoms with Gasteiger partial charge in [0.15, 0.2) is 5.82 Å². The van der Waals surface area contributed by atoms with Gasteiger partial charge in [0.1, 0.15) is 0 Å². The highest BCUT2D eigenvalue weighted by molar-refractivity contribution is 5.74. The minimum absolute atomic E-state index is 0.125. The SMILES string of the molecule is Cc1noc(CCNC(=O)N2CCC(CC(=O)O)CC2)n1. The first-order chi connectivity index (χ1) is 10.0. The van der Waals surface area contributed by atoms with E-state index in [-0.39, 0.29) is 18.4 Å². The number of aliphatic carboxylic acids is 1. The summed E-state index contributed by atoms with van der Waals surface area (Å²) < 4.78 is 4.96. The smallest absolute Gasteiger partial charge is 0.317 e. The number of rotatable bonds is 5. The third kappa shape index (κ3) is 4.73. The monoisotopic (exact) mass is 296 g/mol. The average Bonchev–Trinajstić information content (AvgIpc) is 2.84. The van der Waals surface area contributed by atoms with Crippen molar-refractivity contribution in [1.29, 1.82) is 0 Å². The molecule has 0 bridgehead atoms. The van der Waals surface area contributed by atoms with Crippen LogP contribution >= 0.6 is 0 Å². The lowest BCUT2D eigenvalue weighted by atomic mass is 9.94. The molecule has 0 atom stereocenters. The highest BCUT2D eigenvalue weighted by Crippen LogP contribution is 2.20. The fourth-order valence-electron chi connectivity index (χ4n) is 2.42. The second kappa shape index (κ2) is 7.05. The number of hydrogen-bond acceptors (Lipinski definition) is 5. The molecule has 8 heteroatoms. The van der Waals surface area contributed by atoms with Crippen LogP contribution < -0.4 is 5.32 Å². The summed E-state index contributed by atoms with van der Waals surface area (Å²) in [6, 6.07) is -0.125. The first-order valence-corrected chi connectivity index (χ1v) is 7.08. The zero-order valence-electron chi connectivity index (χ0n) is 12.0. The number of aryl methyl sites for hydroxylation is 1. The summed E-state index contributed by atoms with van der Waals surface area (Å²) >= 11 is 0. The van der Waals surface area contributed by atoms with Crippen molar-refractivity contribution in [2.45, 2.75) is 32.6 Å². The van der Waals surface area contributed by atoms with E-state index in [2.05, 4.69) is 15.5 Å². The molecule has 0 saturated carbocycles. The molecule has 0 radical (unpaired) electrons. The van der Waals surface area contributed by atoms with Crippen LogP contribution in [0.2, 0.25) is 0 Å². The van der Waals surface area contributed by atoms with Gasteiger partial charge < -0.3 is 19.8 Å². The lowest BCUT2D eigenvalue weighted by Crippen LogP contribution is -2.45. The minimum atomic E-state index is -0.771. The van der Waals surface area contributed by atoms with Crippen molar-refractivity contribution < 1.29 is 19.2 Å². The maximum absolute atomic E-state index is 12.0. The molecule has 1 fully saturated rings. The number of carboxylic acids is 1. The predicted molar refractivity (Wildman–Crippen MR) is 72.7 cm³/mol. The van der Waals surface area contributed by atoms with Crippen molar-refractivity contribution in [3.05, 3.63) is 11.7 Å². The largest absolute Gasteiger partial charge is 0.481 e. The topological polar surface area (TPSA) is 109 Å². The molecule has 2 rings (SSSR count). The Labute approximate surface area is 122 Å². The van der Waals surface area contributed by atoms with Crippen molar-refractivity contribution in [1.82, 2.24) is 20.4 Å². The summed E-state index contributed by atoms with van der Waals surface area (Å²) in [6.45, 7) is 3.38. The number of hydrogen-bond donors (Lipinski definition) is 2. The number of nitrogens with zero attached hydrogens (tertiary/aromatic N) is 3. The van der Waals surface area contributed by atoms with Gasteiger partial charge in [-0.1, -0.05) is 5.16 Å². The number of carboxylic acid groups (broad SMARTS) is 1. The van der Waals surface area contributed by atoms with Crippen molar-refractivity contribution in [2.24, 2.45) is 5.92 Å². The molecule has 2 heterocycles. The molecule has 2 amide bonds. The molecule has 0 aliphatic carbocycles. The van der Waals surface area contributed by atoms with Crippen molar-refractivity contribution in [3.63, 3.8) is 0 Å². The summed E-state index contributed by atoms with van der Waals surface area (Å²) in [4.78, 5) is 28.4. The molecule has 0 unspecified atom stereocenters. The van der Waals surface area contributed by atoms with Crippen molar-refractivity contribution in [3.8, 4) is 0 Å². The summed E-state index contributed by atoms with van der Waals surface area (Å²) in [7, 11) is 0. The fraction of sp³-hybridized carbons (Fsp3) is 0.692. The Morgan fingerprint density at radius 1 is 1.43 bits per heavy atom. The van der Waals surface area contributed by atoms with E-state index in [1.165, 1.54) is 0 Å². The Balaban J connectivity index is 1.66. The van der Waals surface area contributed by atoms with Gasteiger partial charge in [0.2, 0.25) is 5.89 Å². The molecule has 8 nitrogen and oxygen atoms in total. The molecule has 1 saturated heterocycles. The minimum Gasteiger partial charge on any atom is -0.481 e. The zero-order valence-corrected chi connectivity index (χ0v) is 12.0. The first kappa shape index (κ1) is 15.3. The van der Waals surface area contributed by atoms with Gasteiger partial charge in [-0.2, -0.15) is 4.98 Å². The first-order valence-electron chi connectivity index (χ1n) is 7.08. The van der Waals surface area contributed by atoms with E-state index < -0.39 is 5.97 Å². The number of carbonyl (C=O) groups is 2. The van der Waals surface area contributed by atoms with E-state index in [4.69, 9.17) is 9.63 Å². The number of nitrogens with one attached hydrogen (secondary N) is 1. The number of urea groups is 1. The third-order valence-corrected chi connectivity index (χ3v) is 3.55. The molecule has 116 valence electrons. The number of aromatic nitrogens is 2. The summed E-state index contributed by atoms with van der Waals surface area (Å²) in [5.74, 6) is 0.491. The molecule has 1 aromatic heterocycles.